The maximum Gasteiger partial charge on any atom is 0.449 e. The van der Waals surface area contributed by atoms with Crippen LogP contribution in [-0.2, 0) is 12.4 Å². The minimum absolute atomic E-state index is 0.327. The zero-order valence-electron chi connectivity index (χ0n) is 8.25. The van der Waals surface area contributed by atoms with Gasteiger partial charge in [0.1, 0.15) is 5.52 Å². The Morgan fingerprint density at radius 3 is 2.11 bits per heavy atom. The van der Waals surface area contributed by atoms with Gasteiger partial charge in [-0.05, 0) is 12.1 Å². The number of halogens is 7. The van der Waals surface area contributed by atoms with Crippen LogP contribution in [0.1, 0.15) is 11.4 Å². The molecule has 98 valence electrons. The maximum atomic E-state index is 12.6. The molecule has 0 unspecified atom stereocenters. The molecule has 0 fully saturated rings. The summed E-state index contributed by atoms with van der Waals surface area (Å²) in [5.74, 6) is -1.50. The van der Waals surface area contributed by atoms with E-state index in [4.69, 9.17) is 11.6 Å². The van der Waals surface area contributed by atoms with Gasteiger partial charge in [0.05, 0.1) is 11.1 Å². The number of aromatic amines is 1. The lowest BCUT2D eigenvalue weighted by atomic mass is 10.2. The number of H-pyrrole nitrogens is 1. The predicted octanol–water partition coefficient (Wildman–Crippen LogP) is 4.25. The number of aromatic nitrogens is 2. The highest BCUT2D eigenvalue weighted by molar-refractivity contribution is 6.31. The van der Waals surface area contributed by atoms with Crippen molar-refractivity contribution in [2.45, 2.75) is 12.4 Å². The number of nitrogens with zero attached hydrogens (tertiary/aromatic N) is 1. The van der Waals surface area contributed by atoms with Crippen molar-refractivity contribution in [1.29, 1.82) is 0 Å². The first-order valence-corrected chi connectivity index (χ1v) is 4.80. The molecule has 0 atom stereocenters. The summed E-state index contributed by atoms with van der Waals surface area (Å²) in [4.78, 5) is 4.70. The standard InChI is InChI=1S/C9H3ClF6N2/c10-3-1-4(8(11,12)13)6-5(2-3)17-7(18-6)9(14,15)16/h1-2H,(H,17,18). The quantitative estimate of drug-likeness (QED) is 0.721. The summed E-state index contributed by atoms with van der Waals surface area (Å²) in [6.07, 6.45) is -9.68. The normalized spacial score (nSPS) is 13.3. The van der Waals surface area contributed by atoms with Crippen LogP contribution in [0.4, 0.5) is 26.3 Å². The highest BCUT2D eigenvalue weighted by Crippen LogP contribution is 2.37. The Labute approximate surface area is 101 Å². The van der Waals surface area contributed by atoms with Crippen molar-refractivity contribution >= 4 is 22.6 Å². The minimum Gasteiger partial charge on any atom is -0.334 e. The summed E-state index contributed by atoms with van der Waals surface area (Å²) in [5, 5.41) is -0.327. The summed E-state index contributed by atoms with van der Waals surface area (Å²) in [6.45, 7) is 0. The van der Waals surface area contributed by atoms with Crippen LogP contribution < -0.4 is 0 Å². The van der Waals surface area contributed by atoms with Crippen LogP contribution >= 0.6 is 11.6 Å². The summed E-state index contributed by atoms with van der Waals surface area (Å²) in [7, 11) is 0. The van der Waals surface area contributed by atoms with Crippen molar-refractivity contribution in [1.82, 2.24) is 9.97 Å². The van der Waals surface area contributed by atoms with Crippen LogP contribution in [0, 0.1) is 0 Å². The number of hydrogen-bond acceptors (Lipinski definition) is 1. The summed E-state index contributed by atoms with van der Waals surface area (Å²) >= 11 is 5.42. The Morgan fingerprint density at radius 1 is 1.00 bits per heavy atom. The van der Waals surface area contributed by atoms with Gasteiger partial charge in [-0.25, -0.2) is 4.98 Å². The van der Waals surface area contributed by atoms with Crippen molar-refractivity contribution in [2.75, 3.05) is 0 Å². The number of nitrogens with one attached hydrogen (secondary N) is 1. The molecule has 0 aliphatic carbocycles. The van der Waals surface area contributed by atoms with Crippen molar-refractivity contribution in [2.24, 2.45) is 0 Å². The van der Waals surface area contributed by atoms with Gasteiger partial charge in [-0.15, -0.1) is 0 Å². The summed E-state index contributed by atoms with van der Waals surface area (Å²) in [6, 6.07) is 1.49. The largest absolute Gasteiger partial charge is 0.449 e. The molecule has 18 heavy (non-hydrogen) atoms. The number of benzene rings is 1. The van der Waals surface area contributed by atoms with Crippen LogP contribution in [0.15, 0.2) is 12.1 Å². The molecule has 0 saturated heterocycles. The first-order valence-electron chi connectivity index (χ1n) is 4.42. The van der Waals surface area contributed by atoms with Gasteiger partial charge >= 0.3 is 12.4 Å². The van der Waals surface area contributed by atoms with Gasteiger partial charge in [-0.1, -0.05) is 11.6 Å². The van der Waals surface area contributed by atoms with Crippen LogP contribution in [0.3, 0.4) is 0 Å². The fourth-order valence-electron chi connectivity index (χ4n) is 1.43. The lowest BCUT2D eigenvalue weighted by molar-refractivity contribution is -0.144. The monoisotopic (exact) mass is 288 g/mol. The van der Waals surface area contributed by atoms with Crippen LogP contribution in [-0.4, -0.2) is 9.97 Å². The third kappa shape index (κ3) is 2.24. The Kier molecular flexibility index (Phi) is 2.73. The molecule has 0 aliphatic heterocycles. The molecular formula is C9H3ClF6N2. The van der Waals surface area contributed by atoms with Crippen LogP contribution in [0.5, 0.6) is 0 Å². The van der Waals surface area contributed by atoms with Crippen molar-refractivity contribution in [3.8, 4) is 0 Å². The zero-order chi connectivity index (χ0) is 13.7. The molecule has 0 radical (unpaired) electrons. The number of alkyl halides is 6. The van der Waals surface area contributed by atoms with E-state index in [2.05, 4.69) is 4.98 Å². The molecular weight excluding hydrogens is 286 g/mol. The molecule has 1 aromatic carbocycles. The number of rotatable bonds is 0. The van der Waals surface area contributed by atoms with Gasteiger partial charge in [-0.3, -0.25) is 0 Å². The van der Waals surface area contributed by atoms with Crippen LogP contribution in [0.2, 0.25) is 5.02 Å². The van der Waals surface area contributed by atoms with E-state index in [0.29, 0.717) is 6.07 Å². The molecule has 1 aromatic heterocycles. The topological polar surface area (TPSA) is 28.7 Å². The smallest absolute Gasteiger partial charge is 0.334 e. The van der Waals surface area contributed by atoms with Gasteiger partial charge in [0.25, 0.3) is 0 Å². The number of fused-ring (bicyclic) bond motifs is 1. The third-order valence-electron chi connectivity index (χ3n) is 2.13. The fourth-order valence-corrected chi connectivity index (χ4v) is 1.65. The molecule has 2 nitrogen and oxygen atoms in total. The first-order chi connectivity index (χ1) is 8.09. The Hall–Kier alpha value is -1.44. The second-order valence-corrected chi connectivity index (χ2v) is 3.87. The molecule has 2 rings (SSSR count). The van der Waals surface area contributed by atoms with Gasteiger partial charge in [0, 0.05) is 5.02 Å². The Morgan fingerprint density at radius 2 is 1.61 bits per heavy atom. The average Bonchev–Trinajstić information content (AvgIpc) is 2.57. The lowest BCUT2D eigenvalue weighted by Gasteiger charge is -2.07. The van der Waals surface area contributed by atoms with E-state index in [9.17, 15) is 26.3 Å². The molecule has 9 heteroatoms. The third-order valence-corrected chi connectivity index (χ3v) is 2.34. The fraction of sp³-hybridized carbons (Fsp3) is 0.222. The first kappa shape index (κ1) is 13.0. The van der Waals surface area contributed by atoms with E-state index < -0.39 is 34.8 Å². The predicted molar refractivity (Wildman–Crippen MR) is 51.1 cm³/mol. The molecule has 0 saturated carbocycles. The number of hydrogen-bond donors (Lipinski definition) is 1. The second-order valence-electron chi connectivity index (χ2n) is 3.43. The Balaban J connectivity index is 2.76. The van der Waals surface area contributed by atoms with E-state index in [1.165, 1.54) is 0 Å². The highest BCUT2D eigenvalue weighted by Gasteiger charge is 2.38. The van der Waals surface area contributed by atoms with Gasteiger partial charge in [0.15, 0.2) is 0 Å². The van der Waals surface area contributed by atoms with Crippen molar-refractivity contribution in [3.05, 3.63) is 28.5 Å². The Bertz CT molecular complexity index is 597. The van der Waals surface area contributed by atoms with E-state index in [1.807, 2.05) is 0 Å². The summed E-state index contributed by atoms with van der Waals surface area (Å²) < 4.78 is 74.9. The average molecular weight is 289 g/mol. The SMILES string of the molecule is FC(F)(F)c1nc2c(C(F)(F)F)cc(Cl)cc2[nH]1. The van der Waals surface area contributed by atoms with Crippen molar-refractivity contribution < 1.29 is 26.3 Å². The number of imidazole rings is 1. The van der Waals surface area contributed by atoms with Crippen LogP contribution in [0.25, 0.3) is 11.0 Å². The van der Waals surface area contributed by atoms with Gasteiger partial charge in [0.2, 0.25) is 5.82 Å². The minimum atomic E-state index is -4.85. The van der Waals surface area contributed by atoms with E-state index >= 15 is 0 Å². The zero-order valence-corrected chi connectivity index (χ0v) is 9.00. The molecule has 1 heterocycles. The molecule has 0 bridgehead atoms. The van der Waals surface area contributed by atoms with Crippen molar-refractivity contribution in [3.63, 3.8) is 0 Å². The molecule has 0 amide bonds. The lowest BCUT2D eigenvalue weighted by Crippen LogP contribution is -2.08. The van der Waals surface area contributed by atoms with Gasteiger partial charge in [-0.2, -0.15) is 26.3 Å². The summed E-state index contributed by atoms with van der Waals surface area (Å²) in [5.41, 5.74) is -2.53. The second kappa shape index (κ2) is 3.78. The molecule has 0 spiro atoms. The van der Waals surface area contributed by atoms with E-state index in [0.717, 1.165) is 6.07 Å². The maximum absolute atomic E-state index is 12.6. The molecule has 2 aromatic rings. The highest BCUT2D eigenvalue weighted by atomic mass is 35.5. The van der Waals surface area contributed by atoms with E-state index in [1.54, 1.807) is 4.98 Å². The van der Waals surface area contributed by atoms with E-state index in [-0.39, 0.29) is 5.02 Å². The van der Waals surface area contributed by atoms with Gasteiger partial charge < -0.3 is 4.98 Å². The molecule has 0 aliphatic rings. The molecule has 1 N–H and O–H groups in total.